The number of aromatic nitrogens is 1. The van der Waals surface area contributed by atoms with Crippen molar-refractivity contribution in [2.75, 3.05) is 20.1 Å². The lowest BCUT2D eigenvalue weighted by Gasteiger charge is -2.17. The van der Waals surface area contributed by atoms with Crippen LogP contribution in [0.15, 0.2) is 18.5 Å². The van der Waals surface area contributed by atoms with Crippen molar-refractivity contribution in [1.82, 2.24) is 15.2 Å². The number of hydrogen-bond donors (Lipinski definition) is 1. The van der Waals surface area contributed by atoms with E-state index in [4.69, 9.17) is 11.6 Å². The summed E-state index contributed by atoms with van der Waals surface area (Å²) in [4.78, 5) is 27.8. The standard InChI is InChI=1S/C11H11ClF3N3O2/c1-18(5-9(19)17-6-11(13,14)15)10(20)7-4-16-3-2-8(7)12/h2-4H,5-6H2,1H3,(H,17,19). The zero-order valence-corrected chi connectivity index (χ0v) is 11.1. The quantitative estimate of drug-likeness (QED) is 0.916. The summed E-state index contributed by atoms with van der Waals surface area (Å²) in [6.07, 6.45) is -1.89. The van der Waals surface area contributed by atoms with Crippen LogP contribution >= 0.6 is 11.6 Å². The molecule has 1 rings (SSSR count). The average Bonchev–Trinajstić information content (AvgIpc) is 2.35. The SMILES string of the molecule is CN(CC(=O)NCC(F)(F)F)C(=O)c1cnccc1Cl. The molecule has 1 aromatic rings. The molecule has 0 atom stereocenters. The second-order valence-corrected chi connectivity index (χ2v) is 4.32. The number of halogens is 4. The monoisotopic (exact) mass is 309 g/mol. The molecule has 1 N–H and O–H groups in total. The highest BCUT2D eigenvalue weighted by Gasteiger charge is 2.28. The minimum absolute atomic E-state index is 0.0697. The molecule has 110 valence electrons. The molecule has 1 heterocycles. The van der Waals surface area contributed by atoms with Gasteiger partial charge in [-0.1, -0.05) is 11.6 Å². The van der Waals surface area contributed by atoms with Gasteiger partial charge in [0.25, 0.3) is 5.91 Å². The molecule has 0 aliphatic carbocycles. The van der Waals surface area contributed by atoms with Gasteiger partial charge in [-0.15, -0.1) is 0 Å². The van der Waals surface area contributed by atoms with Crippen LogP contribution in [0.1, 0.15) is 10.4 Å². The highest BCUT2D eigenvalue weighted by molar-refractivity contribution is 6.33. The number of rotatable bonds is 4. The zero-order valence-electron chi connectivity index (χ0n) is 10.4. The Balaban J connectivity index is 2.59. The molecule has 9 heteroatoms. The second kappa shape index (κ2) is 6.56. The topological polar surface area (TPSA) is 62.3 Å². The van der Waals surface area contributed by atoms with E-state index >= 15 is 0 Å². The molecule has 5 nitrogen and oxygen atoms in total. The molecule has 0 aliphatic rings. The first-order chi connectivity index (χ1) is 9.20. The van der Waals surface area contributed by atoms with E-state index in [1.807, 2.05) is 0 Å². The van der Waals surface area contributed by atoms with Crippen LogP contribution in [0, 0.1) is 0 Å². The van der Waals surface area contributed by atoms with Gasteiger partial charge >= 0.3 is 6.18 Å². The highest BCUT2D eigenvalue weighted by Crippen LogP contribution is 2.15. The summed E-state index contributed by atoms with van der Waals surface area (Å²) < 4.78 is 35.7. The summed E-state index contributed by atoms with van der Waals surface area (Å²) in [5, 5.41) is 1.81. The Labute approximate surface area is 117 Å². The van der Waals surface area contributed by atoms with Crippen molar-refractivity contribution < 1.29 is 22.8 Å². The van der Waals surface area contributed by atoms with Crippen LogP contribution in [-0.4, -0.2) is 48.0 Å². The van der Waals surface area contributed by atoms with Crippen LogP contribution in [0.3, 0.4) is 0 Å². The van der Waals surface area contributed by atoms with E-state index in [1.54, 1.807) is 5.32 Å². The third kappa shape index (κ3) is 5.04. The van der Waals surface area contributed by atoms with Gasteiger partial charge in [0.05, 0.1) is 17.1 Å². The normalized spacial score (nSPS) is 11.1. The zero-order chi connectivity index (χ0) is 15.3. The van der Waals surface area contributed by atoms with Gasteiger partial charge in [-0.05, 0) is 6.07 Å². The number of nitrogens with one attached hydrogen (secondary N) is 1. The molecule has 0 aliphatic heterocycles. The van der Waals surface area contributed by atoms with Crippen molar-refractivity contribution in [3.63, 3.8) is 0 Å². The van der Waals surface area contributed by atoms with E-state index in [9.17, 15) is 22.8 Å². The molecule has 0 saturated heterocycles. The lowest BCUT2D eigenvalue weighted by Crippen LogP contribution is -2.41. The number of nitrogens with zero attached hydrogens (tertiary/aromatic N) is 2. The lowest BCUT2D eigenvalue weighted by atomic mass is 10.2. The predicted molar refractivity (Wildman–Crippen MR) is 65.3 cm³/mol. The minimum atomic E-state index is -4.50. The number of alkyl halides is 3. The van der Waals surface area contributed by atoms with E-state index in [0.29, 0.717) is 0 Å². The maximum atomic E-state index is 11.9. The molecule has 0 radical (unpaired) electrons. The van der Waals surface area contributed by atoms with Gasteiger partial charge in [0.2, 0.25) is 5.91 Å². The van der Waals surface area contributed by atoms with Crippen LogP contribution in [0.4, 0.5) is 13.2 Å². The first-order valence-corrected chi connectivity index (χ1v) is 5.77. The Kier molecular flexibility index (Phi) is 5.32. The minimum Gasteiger partial charge on any atom is -0.345 e. The van der Waals surface area contributed by atoms with Crippen LogP contribution in [0.5, 0.6) is 0 Å². The summed E-state index contributed by atoms with van der Waals surface area (Å²) in [5.74, 6) is -1.52. The van der Waals surface area contributed by atoms with Crippen molar-refractivity contribution in [2.24, 2.45) is 0 Å². The van der Waals surface area contributed by atoms with Gasteiger partial charge in [-0.3, -0.25) is 14.6 Å². The fourth-order valence-corrected chi connectivity index (χ4v) is 1.47. The van der Waals surface area contributed by atoms with Crippen LogP contribution in [-0.2, 0) is 4.79 Å². The summed E-state index contributed by atoms with van der Waals surface area (Å²) in [7, 11) is 1.28. The van der Waals surface area contributed by atoms with Crippen molar-refractivity contribution in [3.8, 4) is 0 Å². The third-order valence-electron chi connectivity index (χ3n) is 2.21. The summed E-state index contributed by atoms with van der Waals surface area (Å²) in [6.45, 7) is -1.96. The summed E-state index contributed by atoms with van der Waals surface area (Å²) >= 11 is 5.78. The molecule has 0 saturated carbocycles. The Bertz CT molecular complexity index is 508. The van der Waals surface area contributed by atoms with Crippen molar-refractivity contribution >= 4 is 23.4 Å². The van der Waals surface area contributed by atoms with Gasteiger partial charge in [0.1, 0.15) is 6.54 Å². The summed E-state index contributed by atoms with van der Waals surface area (Å²) in [5.41, 5.74) is 0.0697. The second-order valence-electron chi connectivity index (χ2n) is 3.91. The Morgan fingerprint density at radius 3 is 2.65 bits per heavy atom. The van der Waals surface area contributed by atoms with Gasteiger partial charge < -0.3 is 10.2 Å². The van der Waals surface area contributed by atoms with Crippen molar-refractivity contribution in [1.29, 1.82) is 0 Å². The number of pyridine rings is 1. The molecule has 1 aromatic heterocycles. The first kappa shape index (κ1) is 16.2. The van der Waals surface area contributed by atoms with Crippen LogP contribution in [0.25, 0.3) is 0 Å². The number of hydrogen-bond acceptors (Lipinski definition) is 3. The van der Waals surface area contributed by atoms with Gasteiger partial charge in [0.15, 0.2) is 0 Å². The van der Waals surface area contributed by atoms with Gasteiger partial charge in [-0.25, -0.2) is 0 Å². The van der Waals surface area contributed by atoms with Crippen molar-refractivity contribution in [3.05, 3.63) is 29.0 Å². The molecular formula is C11H11ClF3N3O2. The summed E-state index contributed by atoms with van der Waals surface area (Å²) in [6, 6.07) is 1.40. The fraction of sp³-hybridized carbons (Fsp3) is 0.364. The van der Waals surface area contributed by atoms with E-state index < -0.39 is 31.1 Å². The Morgan fingerprint density at radius 2 is 2.10 bits per heavy atom. The molecule has 0 unspecified atom stereocenters. The fourth-order valence-electron chi connectivity index (χ4n) is 1.28. The van der Waals surface area contributed by atoms with E-state index in [0.717, 1.165) is 4.90 Å². The van der Waals surface area contributed by atoms with E-state index in [1.165, 1.54) is 25.5 Å². The van der Waals surface area contributed by atoms with Crippen molar-refractivity contribution in [2.45, 2.75) is 6.18 Å². The van der Waals surface area contributed by atoms with Gasteiger partial charge in [-0.2, -0.15) is 13.2 Å². The number of carbonyl (C=O) groups excluding carboxylic acids is 2. The molecular weight excluding hydrogens is 299 g/mol. The Hall–Kier alpha value is -1.83. The van der Waals surface area contributed by atoms with Crippen LogP contribution < -0.4 is 5.32 Å². The molecule has 0 bridgehead atoms. The number of likely N-dealkylation sites (N-methyl/N-ethyl adjacent to an activating group) is 1. The highest BCUT2D eigenvalue weighted by atomic mass is 35.5. The van der Waals surface area contributed by atoms with Gasteiger partial charge in [0, 0.05) is 19.4 Å². The average molecular weight is 310 g/mol. The van der Waals surface area contributed by atoms with E-state index in [2.05, 4.69) is 4.98 Å². The molecule has 0 spiro atoms. The molecule has 20 heavy (non-hydrogen) atoms. The number of amides is 2. The first-order valence-electron chi connectivity index (χ1n) is 5.39. The largest absolute Gasteiger partial charge is 0.405 e. The van der Waals surface area contributed by atoms with Crippen LogP contribution in [0.2, 0.25) is 5.02 Å². The maximum Gasteiger partial charge on any atom is 0.405 e. The molecule has 0 fully saturated rings. The number of carbonyl (C=O) groups is 2. The smallest absolute Gasteiger partial charge is 0.345 e. The third-order valence-corrected chi connectivity index (χ3v) is 2.54. The van der Waals surface area contributed by atoms with E-state index in [-0.39, 0.29) is 10.6 Å². The molecule has 0 aromatic carbocycles. The Morgan fingerprint density at radius 1 is 1.45 bits per heavy atom. The maximum absolute atomic E-state index is 11.9. The molecule has 2 amide bonds. The predicted octanol–water partition coefficient (Wildman–Crippen LogP) is 1.49. The lowest BCUT2D eigenvalue weighted by molar-refractivity contribution is -0.138.